The number of pyridine rings is 4. The Bertz CT molecular complexity index is 2300. The average Bonchev–Trinajstić information content (AvgIpc) is 3.84. The van der Waals surface area contributed by atoms with Gasteiger partial charge in [0.25, 0.3) is 0 Å². The van der Waals surface area contributed by atoms with Crippen LogP contribution in [0.2, 0.25) is 0 Å². The number of aryl methyl sites for hydroxylation is 3. The SMILES string of the molecule is Cc1cc(-c2ccc3c(n2)N(C(=O)Nc2ccc4nn(C)cc4c2)[C@H]2CCN3C2)ccn1.Cc1cc(-c2ccc3c(n2)N[C@H]2CCN3C2)ccn1. The fourth-order valence-electron chi connectivity index (χ4n) is 7.72. The highest BCUT2D eigenvalue weighted by Gasteiger charge is 2.40. The second-order valence-corrected chi connectivity index (χ2v) is 13.8. The summed E-state index contributed by atoms with van der Waals surface area (Å²) >= 11 is 0. The van der Waals surface area contributed by atoms with E-state index in [9.17, 15) is 4.79 Å². The van der Waals surface area contributed by atoms with E-state index in [0.717, 1.165) is 94.6 Å². The molecule has 2 atom stereocenters. The predicted octanol–water partition coefficient (Wildman–Crippen LogP) is 6.43. The van der Waals surface area contributed by atoms with Crippen molar-refractivity contribution in [2.45, 2.75) is 38.8 Å². The highest BCUT2D eigenvalue weighted by Crippen LogP contribution is 2.41. The third kappa shape index (κ3) is 5.86. The smallest absolute Gasteiger partial charge is 0.327 e. The van der Waals surface area contributed by atoms with Crippen LogP contribution in [0.4, 0.5) is 33.5 Å². The Morgan fingerprint density at radius 1 is 0.804 bits per heavy atom. The number of carbonyl (C=O) groups excluding carboxylic acids is 1. The van der Waals surface area contributed by atoms with Gasteiger partial charge in [0.15, 0.2) is 11.6 Å². The molecule has 0 unspecified atom stereocenters. The number of fused-ring (bicyclic) bond motifs is 9. The Morgan fingerprint density at radius 3 is 2.27 bits per heavy atom. The van der Waals surface area contributed by atoms with Crippen LogP contribution in [0.5, 0.6) is 0 Å². The molecule has 12 heteroatoms. The van der Waals surface area contributed by atoms with Crippen molar-refractivity contribution in [3.63, 3.8) is 0 Å². The molecular formula is C39H39N11O. The van der Waals surface area contributed by atoms with Crippen molar-refractivity contribution in [2.75, 3.05) is 51.5 Å². The topological polar surface area (TPSA) is 120 Å². The number of hydrogen-bond donors (Lipinski definition) is 2. The maximum absolute atomic E-state index is 13.5. The predicted molar refractivity (Wildman–Crippen MR) is 201 cm³/mol. The Balaban J connectivity index is 0.000000155. The Morgan fingerprint density at radius 2 is 1.51 bits per heavy atom. The summed E-state index contributed by atoms with van der Waals surface area (Å²) in [6.45, 7) is 7.98. The number of hydrogen-bond acceptors (Lipinski definition) is 9. The summed E-state index contributed by atoms with van der Waals surface area (Å²) < 4.78 is 1.77. The second-order valence-electron chi connectivity index (χ2n) is 13.8. The van der Waals surface area contributed by atoms with Gasteiger partial charge in [0.1, 0.15) is 0 Å². The standard InChI is InChI=1S/C24H23N7O.C15H16N4/c1-15-11-16(7-9-25-15)20-5-6-22-23(27-20)31(19-8-10-30(22)14-19)24(32)26-18-3-4-21-17(12-18)13-29(2)28-21;1-10-8-11(4-6-16-10)13-2-3-14-15(18-13)17-12-5-7-19(14)9-12/h3-7,9,11-13,19H,8,10,14H2,1-2H3,(H,26,32);2-4,6,8,12H,5,7,9H2,1H3,(H,17,18)/t19-;12-/m00/s1. The van der Waals surface area contributed by atoms with Crippen LogP contribution in [-0.4, -0.2) is 74.0 Å². The molecule has 2 saturated heterocycles. The van der Waals surface area contributed by atoms with Crippen LogP contribution in [0.15, 0.2) is 85.3 Å². The lowest BCUT2D eigenvalue weighted by atomic mass is 10.1. The van der Waals surface area contributed by atoms with Crippen LogP contribution in [-0.2, 0) is 7.05 Å². The second kappa shape index (κ2) is 12.4. The van der Waals surface area contributed by atoms with E-state index in [1.165, 1.54) is 12.1 Å². The zero-order valence-corrected chi connectivity index (χ0v) is 28.9. The largest absolute Gasteiger partial charge is 0.366 e. The molecule has 4 aliphatic heterocycles. The molecule has 2 fully saturated rings. The minimum absolute atomic E-state index is 0.103. The number of amides is 2. The molecule has 10 rings (SSSR count). The van der Waals surface area contributed by atoms with Gasteiger partial charge in [-0.1, -0.05) is 0 Å². The summed E-state index contributed by atoms with van der Waals surface area (Å²) in [5.41, 5.74) is 9.83. The molecule has 0 spiro atoms. The molecule has 0 radical (unpaired) electrons. The molecule has 9 heterocycles. The van der Waals surface area contributed by atoms with E-state index in [1.54, 1.807) is 10.9 Å². The van der Waals surface area contributed by atoms with Crippen LogP contribution in [0.1, 0.15) is 24.2 Å². The molecule has 256 valence electrons. The van der Waals surface area contributed by atoms with Crippen molar-refractivity contribution >= 4 is 45.6 Å². The Hall–Kier alpha value is -6.04. The highest BCUT2D eigenvalue weighted by atomic mass is 16.2. The van der Waals surface area contributed by atoms with Gasteiger partial charge in [-0.25, -0.2) is 14.8 Å². The van der Waals surface area contributed by atoms with Crippen molar-refractivity contribution in [2.24, 2.45) is 7.05 Å². The van der Waals surface area contributed by atoms with E-state index in [0.29, 0.717) is 11.9 Å². The van der Waals surface area contributed by atoms with E-state index in [-0.39, 0.29) is 12.1 Å². The summed E-state index contributed by atoms with van der Waals surface area (Å²) in [6, 6.07) is 22.7. The molecular weight excluding hydrogens is 639 g/mol. The maximum Gasteiger partial charge on any atom is 0.327 e. The number of anilines is 5. The number of nitrogens with zero attached hydrogens (tertiary/aromatic N) is 9. The van der Waals surface area contributed by atoms with Crippen molar-refractivity contribution in [1.29, 1.82) is 0 Å². The van der Waals surface area contributed by atoms with Gasteiger partial charge in [-0.05, 0) is 93.4 Å². The van der Waals surface area contributed by atoms with Gasteiger partial charge >= 0.3 is 6.03 Å². The van der Waals surface area contributed by atoms with Crippen molar-refractivity contribution in [1.82, 2.24) is 29.7 Å². The van der Waals surface area contributed by atoms with E-state index in [4.69, 9.17) is 9.97 Å². The summed E-state index contributed by atoms with van der Waals surface area (Å²) in [5, 5.41) is 12.0. The minimum Gasteiger partial charge on any atom is -0.366 e. The van der Waals surface area contributed by atoms with Gasteiger partial charge in [-0.3, -0.25) is 19.5 Å². The highest BCUT2D eigenvalue weighted by molar-refractivity contribution is 6.05. The van der Waals surface area contributed by atoms with Crippen LogP contribution >= 0.6 is 0 Å². The van der Waals surface area contributed by atoms with E-state index in [2.05, 4.69) is 59.8 Å². The lowest BCUT2D eigenvalue weighted by Crippen LogP contribution is -2.48. The Kier molecular flexibility index (Phi) is 7.52. The lowest BCUT2D eigenvalue weighted by molar-refractivity contribution is 0.255. The van der Waals surface area contributed by atoms with E-state index in [1.807, 2.05) is 80.7 Å². The van der Waals surface area contributed by atoms with Crippen molar-refractivity contribution in [3.05, 3.63) is 96.7 Å². The van der Waals surface area contributed by atoms with Crippen LogP contribution < -0.4 is 25.3 Å². The molecule has 0 aliphatic carbocycles. The first-order chi connectivity index (χ1) is 24.8. The summed E-state index contributed by atoms with van der Waals surface area (Å²) in [4.78, 5) is 38.3. The first-order valence-electron chi connectivity index (χ1n) is 17.5. The van der Waals surface area contributed by atoms with Gasteiger partial charge < -0.3 is 20.4 Å². The van der Waals surface area contributed by atoms with Crippen molar-refractivity contribution < 1.29 is 4.79 Å². The Labute approximate surface area is 296 Å². The van der Waals surface area contributed by atoms with Crippen LogP contribution in [0, 0.1) is 13.8 Å². The molecule has 4 aliphatic rings. The van der Waals surface area contributed by atoms with Crippen LogP contribution in [0.3, 0.4) is 0 Å². The normalized spacial score (nSPS) is 18.1. The molecule has 5 aromatic heterocycles. The number of aromatic nitrogens is 6. The zero-order chi connectivity index (χ0) is 34.6. The van der Waals surface area contributed by atoms with E-state index >= 15 is 0 Å². The lowest BCUT2D eigenvalue weighted by Gasteiger charge is -2.36. The summed E-state index contributed by atoms with van der Waals surface area (Å²) in [6.07, 6.45) is 7.71. The zero-order valence-electron chi connectivity index (χ0n) is 28.9. The summed E-state index contributed by atoms with van der Waals surface area (Å²) in [5.74, 6) is 1.74. The average molecular weight is 678 g/mol. The number of carbonyl (C=O) groups is 1. The quantitative estimate of drug-likeness (QED) is 0.219. The molecule has 0 saturated carbocycles. The van der Waals surface area contributed by atoms with Gasteiger partial charge in [0, 0.05) is 91.4 Å². The molecule has 1 aromatic carbocycles. The molecule has 12 nitrogen and oxygen atoms in total. The van der Waals surface area contributed by atoms with Crippen LogP contribution in [0.25, 0.3) is 33.4 Å². The number of rotatable bonds is 3. The first kappa shape index (κ1) is 31.0. The fraction of sp³-hybridized carbons (Fsp3) is 0.282. The molecule has 2 N–H and O–H groups in total. The van der Waals surface area contributed by atoms with Gasteiger partial charge in [-0.15, -0.1) is 0 Å². The molecule has 2 amide bonds. The fourth-order valence-corrected chi connectivity index (χ4v) is 7.72. The molecule has 4 bridgehead atoms. The maximum atomic E-state index is 13.5. The number of urea groups is 1. The monoisotopic (exact) mass is 677 g/mol. The van der Waals surface area contributed by atoms with Gasteiger partial charge in [0.05, 0.1) is 34.3 Å². The van der Waals surface area contributed by atoms with E-state index < -0.39 is 0 Å². The number of nitrogens with one attached hydrogen (secondary N) is 2. The third-order valence-corrected chi connectivity index (χ3v) is 10.2. The first-order valence-corrected chi connectivity index (χ1v) is 17.5. The van der Waals surface area contributed by atoms with Gasteiger partial charge in [-0.2, -0.15) is 5.10 Å². The van der Waals surface area contributed by atoms with Gasteiger partial charge in [0.2, 0.25) is 0 Å². The molecule has 51 heavy (non-hydrogen) atoms. The minimum atomic E-state index is -0.156. The third-order valence-electron chi connectivity index (χ3n) is 10.2. The summed E-state index contributed by atoms with van der Waals surface area (Å²) in [7, 11) is 1.89. The van der Waals surface area contributed by atoms with Crippen molar-refractivity contribution in [3.8, 4) is 22.5 Å². The molecule has 6 aromatic rings. The number of benzene rings is 1.